The first-order valence-corrected chi connectivity index (χ1v) is 7.91. The molecular weight excluding hydrogens is 314 g/mol. The first-order valence-electron chi connectivity index (χ1n) is 7.91. The lowest BCUT2D eigenvalue weighted by atomic mass is 9.97. The van der Waals surface area contributed by atoms with Crippen LogP contribution in [0.2, 0.25) is 0 Å². The minimum Gasteiger partial charge on any atom is -0.396 e. The van der Waals surface area contributed by atoms with Gasteiger partial charge in [0.2, 0.25) is 0 Å². The third kappa shape index (κ3) is 2.81. The maximum absolute atomic E-state index is 5.84. The highest BCUT2D eigenvalue weighted by molar-refractivity contribution is 5.85. The molecule has 7 nitrogen and oxygen atoms in total. The second-order valence-corrected chi connectivity index (χ2v) is 6.16. The Bertz CT molecular complexity index is 699. The van der Waals surface area contributed by atoms with Crippen LogP contribution in [0.1, 0.15) is 36.8 Å². The minimum absolute atomic E-state index is 0. The van der Waals surface area contributed by atoms with E-state index in [-0.39, 0.29) is 12.4 Å². The van der Waals surface area contributed by atoms with Crippen molar-refractivity contribution < 1.29 is 0 Å². The molecule has 2 aliphatic heterocycles. The maximum Gasteiger partial charge on any atom is 0.149 e. The van der Waals surface area contributed by atoms with Crippen molar-refractivity contribution in [3.05, 3.63) is 23.8 Å². The zero-order valence-corrected chi connectivity index (χ0v) is 13.8. The number of piperidine rings is 1. The molecule has 0 bridgehead atoms. The standard InChI is InChI=1S/C15H21N7.ClH/c16-11-5-6-12(18-14(11)17)21-7-1-3-10(9-21)15-20-19-13-4-2-8-22(13)15;/h5-6,10H,1-4,7-9,16H2,(H2,17,18);1H. The number of fused-ring (bicyclic) bond motifs is 1. The number of nitrogens with two attached hydrogens (primary N) is 2. The third-order valence-corrected chi connectivity index (χ3v) is 4.69. The largest absolute Gasteiger partial charge is 0.396 e. The predicted octanol–water partition coefficient (Wildman–Crippen LogP) is 1.59. The number of rotatable bonds is 2. The number of nitrogen functional groups attached to an aromatic ring is 2. The number of anilines is 3. The Kier molecular flexibility index (Phi) is 4.30. The monoisotopic (exact) mass is 335 g/mol. The molecule has 1 saturated heterocycles. The number of aryl methyl sites for hydroxylation is 1. The molecule has 0 aromatic carbocycles. The molecule has 8 heteroatoms. The van der Waals surface area contributed by atoms with Gasteiger partial charge in [-0.15, -0.1) is 22.6 Å². The second-order valence-electron chi connectivity index (χ2n) is 6.16. The summed E-state index contributed by atoms with van der Waals surface area (Å²) in [6.07, 6.45) is 4.52. The molecule has 2 aliphatic rings. The first kappa shape index (κ1) is 15.9. The van der Waals surface area contributed by atoms with Crippen LogP contribution in [0, 0.1) is 0 Å². The molecule has 23 heavy (non-hydrogen) atoms. The van der Waals surface area contributed by atoms with Gasteiger partial charge >= 0.3 is 0 Å². The highest BCUT2D eigenvalue weighted by atomic mass is 35.5. The van der Waals surface area contributed by atoms with E-state index in [4.69, 9.17) is 11.5 Å². The number of aromatic nitrogens is 4. The van der Waals surface area contributed by atoms with Gasteiger partial charge in [0.15, 0.2) is 0 Å². The molecule has 2 aromatic rings. The Morgan fingerprint density at radius 3 is 2.78 bits per heavy atom. The summed E-state index contributed by atoms with van der Waals surface area (Å²) >= 11 is 0. The number of pyridine rings is 1. The summed E-state index contributed by atoms with van der Waals surface area (Å²) in [6.45, 7) is 2.96. The van der Waals surface area contributed by atoms with Gasteiger partial charge in [-0.2, -0.15) is 0 Å². The number of hydrogen-bond acceptors (Lipinski definition) is 6. The smallest absolute Gasteiger partial charge is 0.149 e. The highest BCUT2D eigenvalue weighted by Crippen LogP contribution is 2.31. The number of hydrogen-bond donors (Lipinski definition) is 2. The van der Waals surface area contributed by atoms with Gasteiger partial charge < -0.3 is 20.9 Å². The molecule has 2 aromatic heterocycles. The van der Waals surface area contributed by atoms with E-state index in [1.54, 1.807) is 0 Å². The van der Waals surface area contributed by atoms with Crippen molar-refractivity contribution in [3.8, 4) is 0 Å². The molecule has 4 rings (SSSR count). The SMILES string of the molecule is Cl.Nc1ccc(N2CCCC(c3nnc4n3CCC4)C2)nc1N. The van der Waals surface area contributed by atoms with Gasteiger partial charge in [0.05, 0.1) is 5.69 Å². The Morgan fingerprint density at radius 1 is 1.09 bits per heavy atom. The molecule has 0 saturated carbocycles. The van der Waals surface area contributed by atoms with Crippen molar-refractivity contribution in [2.24, 2.45) is 0 Å². The van der Waals surface area contributed by atoms with Gasteiger partial charge in [-0.25, -0.2) is 4.98 Å². The second kappa shape index (κ2) is 6.23. The topological polar surface area (TPSA) is 98.9 Å². The summed E-state index contributed by atoms with van der Waals surface area (Å²) in [5, 5.41) is 8.78. The van der Waals surface area contributed by atoms with Crippen molar-refractivity contribution in [3.63, 3.8) is 0 Å². The van der Waals surface area contributed by atoms with Gasteiger partial charge in [0.1, 0.15) is 23.3 Å². The van der Waals surface area contributed by atoms with E-state index in [9.17, 15) is 0 Å². The Morgan fingerprint density at radius 2 is 1.96 bits per heavy atom. The molecule has 0 aliphatic carbocycles. The fourth-order valence-electron chi connectivity index (χ4n) is 3.52. The molecule has 124 valence electrons. The summed E-state index contributed by atoms with van der Waals surface area (Å²) in [6, 6.07) is 3.78. The van der Waals surface area contributed by atoms with Gasteiger partial charge in [-0.1, -0.05) is 0 Å². The Balaban J connectivity index is 0.00000156. The molecule has 1 fully saturated rings. The maximum atomic E-state index is 5.84. The molecule has 0 radical (unpaired) electrons. The summed E-state index contributed by atoms with van der Waals surface area (Å²) in [5.41, 5.74) is 12.1. The normalized spacial score (nSPS) is 20.2. The van der Waals surface area contributed by atoms with Gasteiger partial charge in [-0.05, 0) is 31.4 Å². The quantitative estimate of drug-likeness (QED) is 0.864. The van der Waals surface area contributed by atoms with Crippen molar-refractivity contribution in [1.29, 1.82) is 0 Å². The van der Waals surface area contributed by atoms with Crippen molar-refractivity contribution in [2.45, 2.75) is 38.1 Å². The van der Waals surface area contributed by atoms with E-state index >= 15 is 0 Å². The molecule has 0 spiro atoms. The zero-order chi connectivity index (χ0) is 15.1. The Labute approximate surface area is 141 Å². The average molecular weight is 336 g/mol. The van der Waals surface area contributed by atoms with Crippen LogP contribution in [0.3, 0.4) is 0 Å². The van der Waals surface area contributed by atoms with E-state index in [1.165, 1.54) is 6.42 Å². The van der Waals surface area contributed by atoms with Crippen molar-refractivity contribution in [2.75, 3.05) is 29.5 Å². The molecule has 0 amide bonds. The van der Waals surface area contributed by atoms with Crippen molar-refractivity contribution in [1.82, 2.24) is 19.7 Å². The van der Waals surface area contributed by atoms with E-state index in [1.807, 2.05) is 12.1 Å². The van der Waals surface area contributed by atoms with E-state index < -0.39 is 0 Å². The summed E-state index contributed by atoms with van der Waals surface area (Å²) in [7, 11) is 0. The van der Waals surface area contributed by atoms with Crippen LogP contribution in [0.5, 0.6) is 0 Å². The van der Waals surface area contributed by atoms with Crippen LogP contribution in [0.4, 0.5) is 17.3 Å². The minimum atomic E-state index is 0. The average Bonchev–Trinajstić information content (AvgIpc) is 3.13. The van der Waals surface area contributed by atoms with Crippen LogP contribution >= 0.6 is 12.4 Å². The van der Waals surface area contributed by atoms with Crippen LogP contribution in [-0.2, 0) is 13.0 Å². The highest BCUT2D eigenvalue weighted by Gasteiger charge is 2.28. The lowest BCUT2D eigenvalue weighted by molar-refractivity contribution is 0.471. The van der Waals surface area contributed by atoms with Crippen LogP contribution in [0.15, 0.2) is 12.1 Å². The van der Waals surface area contributed by atoms with Crippen molar-refractivity contribution >= 4 is 29.7 Å². The summed E-state index contributed by atoms with van der Waals surface area (Å²) in [5.74, 6) is 4.00. The molecular formula is C15H22ClN7. The van der Waals surface area contributed by atoms with E-state index in [2.05, 4.69) is 24.6 Å². The van der Waals surface area contributed by atoms with Crippen LogP contribution in [-0.4, -0.2) is 32.8 Å². The van der Waals surface area contributed by atoms with Crippen LogP contribution < -0.4 is 16.4 Å². The van der Waals surface area contributed by atoms with E-state index in [0.29, 0.717) is 17.4 Å². The third-order valence-electron chi connectivity index (χ3n) is 4.69. The molecule has 1 atom stereocenters. The lowest BCUT2D eigenvalue weighted by Crippen LogP contribution is -2.36. The Hall–Kier alpha value is -2.02. The fraction of sp³-hybridized carbons (Fsp3) is 0.533. The summed E-state index contributed by atoms with van der Waals surface area (Å²) < 4.78 is 2.30. The molecule has 4 heterocycles. The lowest BCUT2D eigenvalue weighted by Gasteiger charge is -2.33. The summed E-state index contributed by atoms with van der Waals surface area (Å²) in [4.78, 5) is 6.70. The predicted molar refractivity (Wildman–Crippen MR) is 92.8 cm³/mol. The van der Waals surface area contributed by atoms with Crippen LogP contribution in [0.25, 0.3) is 0 Å². The number of halogens is 1. The molecule has 1 unspecified atom stereocenters. The van der Waals surface area contributed by atoms with Gasteiger partial charge in [-0.3, -0.25) is 0 Å². The number of nitrogens with zero attached hydrogens (tertiary/aromatic N) is 5. The van der Waals surface area contributed by atoms with Gasteiger partial charge in [0, 0.05) is 32.0 Å². The van der Waals surface area contributed by atoms with E-state index in [0.717, 1.165) is 56.4 Å². The fourth-order valence-corrected chi connectivity index (χ4v) is 3.52. The first-order chi connectivity index (χ1) is 10.7. The zero-order valence-electron chi connectivity index (χ0n) is 13.0. The molecule has 4 N–H and O–H groups in total. The van der Waals surface area contributed by atoms with Gasteiger partial charge in [0.25, 0.3) is 0 Å².